The number of halogens is 3. The predicted octanol–water partition coefficient (Wildman–Crippen LogP) is 2.23. The van der Waals surface area contributed by atoms with Crippen LogP contribution in [0, 0.1) is 5.92 Å². The van der Waals surface area contributed by atoms with Crippen molar-refractivity contribution in [3.8, 4) is 0 Å². The monoisotopic (exact) mass is 457 g/mol. The first-order chi connectivity index (χ1) is 15.2. The third-order valence-electron chi connectivity index (χ3n) is 6.08. The average molecular weight is 457 g/mol. The molecule has 176 valence electrons. The van der Waals surface area contributed by atoms with E-state index in [-0.39, 0.29) is 29.8 Å². The van der Waals surface area contributed by atoms with Gasteiger partial charge in [-0.25, -0.2) is 4.79 Å². The first kappa shape index (κ1) is 24.0. The van der Waals surface area contributed by atoms with Gasteiger partial charge in [0.05, 0.1) is 12.1 Å². The molecule has 0 saturated carbocycles. The molecule has 32 heavy (non-hydrogen) atoms. The Morgan fingerprint density at radius 2 is 1.72 bits per heavy atom. The smallest absolute Gasteiger partial charge is 0.475 e. The molecule has 4 rings (SSSR count). The Kier molecular flexibility index (Phi) is 7.70. The lowest BCUT2D eigenvalue weighted by Gasteiger charge is -2.40. The van der Waals surface area contributed by atoms with Crippen molar-refractivity contribution in [1.29, 1.82) is 0 Å². The summed E-state index contributed by atoms with van der Waals surface area (Å²) in [6.45, 7) is 2.75. The number of hydrogen-bond donors (Lipinski definition) is 1. The Balaban J connectivity index is 0.000000360. The number of aromatic nitrogens is 1. The Labute approximate surface area is 183 Å². The highest BCUT2D eigenvalue weighted by atomic mass is 19.4. The highest BCUT2D eigenvalue weighted by Gasteiger charge is 2.46. The van der Waals surface area contributed by atoms with E-state index >= 15 is 0 Å². The largest absolute Gasteiger partial charge is 0.490 e. The number of likely N-dealkylation sites (tertiary alicyclic amines) is 2. The molecule has 0 bridgehead atoms. The predicted molar refractivity (Wildman–Crippen MR) is 105 cm³/mol. The molecule has 1 N–H and O–H groups in total. The minimum atomic E-state index is -5.08. The zero-order chi connectivity index (χ0) is 23.3. The van der Waals surface area contributed by atoms with E-state index in [1.54, 1.807) is 12.4 Å². The fourth-order valence-electron chi connectivity index (χ4n) is 4.49. The van der Waals surface area contributed by atoms with Crippen LogP contribution in [0.25, 0.3) is 0 Å². The maximum atomic E-state index is 13.0. The number of carbonyl (C=O) groups excluding carboxylic acids is 2. The molecule has 3 aliphatic rings. The molecule has 1 aromatic rings. The van der Waals surface area contributed by atoms with Crippen LogP contribution in [0.1, 0.15) is 37.7 Å². The SMILES string of the molecule is O=C(O)C(F)(F)F.O=C1CC[C@H]2[C@H](CCN2C(=O)C2CCOCC2)N1Cc1ccncc1. The molecule has 3 aliphatic heterocycles. The summed E-state index contributed by atoms with van der Waals surface area (Å²) < 4.78 is 37.1. The van der Waals surface area contributed by atoms with Gasteiger partial charge in [-0.15, -0.1) is 0 Å². The van der Waals surface area contributed by atoms with Crippen LogP contribution in [0.4, 0.5) is 13.2 Å². The van der Waals surface area contributed by atoms with Crippen molar-refractivity contribution >= 4 is 17.8 Å². The van der Waals surface area contributed by atoms with E-state index in [9.17, 15) is 22.8 Å². The number of carboxylic acids is 1. The molecule has 0 aliphatic carbocycles. The molecule has 0 aromatic carbocycles. The van der Waals surface area contributed by atoms with Gasteiger partial charge in [0.2, 0.25) is 11.8 Å². The maximum absolute atomic E-state index is 13.0. The lowest BCUT2D eigenvalue weighted by atomic mass is 9.93. The highest BCUT2D eigenvalue weighted by molar-refractivity contribution is 5.82. The van der Waals surface area contributed by atoms with Crippen LogP contribution in [-0.4, -0.2) is 75.7 Å². The summed E-state index contributed by atoms with van der Waals surface area (Å²) in [5.74, 6) is -2.18. The fraction of sp³-hybridized carbons (Fsp3) is 0.619. The van der Waals surface area contributed by atoms with Crippen molar-refractivity contribution in [1.82, 2.24) is 14.8 Å². The normalized spacial score (nSPS) is 23.9. The van der Waals surface area contributed by atoms with E-state index in [1.807, 2.05) is 17.0 Å². The molecule has 1 aromatic heterocycles. The molecule has 8 nitrogen and oxygen atoms in total. The number of amides is 2. The molecule has 2 amide bonds. The summed E-state index contributed by atoms with van der Waals surface area (Å²) >= 11 is 0. The lowest BCUT2D eigenvalue weighted by molar-refractivity contribution is -0.192. The Morgan fingerprint density at radius 3 is 2.31 bits per heavy atom. The molecule has 2 atom stereocenters. The van der Waals surface area contributed by atoms with Gasteiger partial charge in [0, 0.05) is 51.0 Å². The van der Waals surface area contributed by atoms with Crippen LogP contribution in [0.3, 0.4) is 0 Å². The van der Waals surface area contributed by atoms with Crippen molar-refractivity contribution in [2.45, 2.75) is 56.9 Å². The van der Waals surface area contributed by atoms with Gasteiger partial charge >= 0.3 is 12.1 Å². The quantitative estimate of drug-likeness (QED) is 0.747. The molecule has 0 radical (unpaired) electrons. The zero-order valence-corrected chi connectivity index (χ0v) is 17.5. The molecule has 11 heteroatoms. The molecule has 0 unspecified atom stereocenters. The number of rotatable bonds is 3. The van der Waals surface area contributed by atoms with Crippen molar-refractivity contribution in [3.63, 3.8) is 0 Å². The van der Waals surface area contributed by atoms with Gasteiger partial charge in [0.25, 0.3) is 0 Å². The van der Waals surface area contributed by atoms with Crippen LogP contribution < -0.4 is 0 Å². The van der Waals surface area contributed by atoms with Crippen LogP contribution >= 0.6 is 0 Å². The lowest BCUT2D eigenvalue weighted by Crippen LogP contribution is -2.53. The number of piperidine rings is 1. The summed E-state index contributed by atoms with van der Waals surface area (Å²) in [4.78, 5) is 42.5. The highest BCUT2D eigenvalue weighted by Crippen LogP contribution is 2.34. The fourth-order valence-corrected chi connectivity index (χ4v) is 4.49. The topological polar surface area (TPSA) is 100 Å². The minimum Gasteiger partial charge on any atom is -0.475 e. The molecular formula is C21H26F3N3O5. The van der Waals surface area contributed by atoms with E-state index in [1.165, 1.54) is 0 Å². The van der Waals surface area contributed by atoms with Crippen LogP contribution in [0.2, 0.25) is 0 Å². The van der Waals surface area contributed by atoms with Gasteiger partial charge in [-0.05, 0) is 43.4 Å². The second kappa shape index (κ2) is 10.3. The second-order valence-corrected chi connectivity index (χ2v) is 8.06. The number of hydrogen-bond acceptors (Lipinski definition) is 5. The van der Waals surface area contributed by atoms with Crippen LogP contribution in [0.15, 0.2) is 24.5 Å². The number of alkyl halides is 3. The zero-order valence-electron chi connectivity index (χ0n) is 17.5. The number of aliphatic carboxylic acids is 1. The van der Waals surface area contributed by atoms with Gasteiger partial charge in [-0.1, -0.05) is 0 Å². The van der Waals surface area contributed by atoms with E-state index in [2.05, 4.69) is 9.88 Å². The molecule has 0 spiro atoms. The van der Waals surface area contributed by atoms with Gasteiger partial charge < -0.3 is 19.6 Å². The Morgan fingerprint density at radius 1 is 1.09 bits per heavy atom. The average Bonchev–Trinajstić information content (AvgIpc) is 3.20. The summed E-state index contributed by atoms with van der Waals surface area (Å²) in [5, 5.41) is 7.12. The molecule has 4 heterocycles. The molecular weight excluding hydrogens is 431 g/mol. The van der Waals surface area contributed by atoms with Gasteiger partial charge in [0.1, 0.15) is 0 Å². The Hall–Kier alpha value is -2.69. The number of carbonyl (C=O) groups is 3. The van der Waals surface area contributed by atoms with Crippen molar-refractivity contribution in [2.24, 2.45) is 5.92 Å². The van der Waals surface area contributed by atoms with E-state index < -0.39 is 12.1 Å². The van der Waals surface area contributed by atoms with Gasteiger partial charge in [-0.2, -0.15) is 13.2 Å². The summed E-state index contributed by atoms with van der Waals surface area (Å²) in [6, 6.07) is 4.24. The van der Waals surface area contributed by atoms with Gasteiger partial charge in [-0.3, -0.25) is 14.6 Å². The number of fused-ring (bicyclic) bond motifs is 1. The van der Waals surface area contributed by atoms with Crippen molar-refractivity contribution in [3.05, 3.63) is 30.1 Å². The third-order valence-corrected chi connectivity index (χ3v) is 6.08. The Bertz CT molecular complexity index is 815. The number of ether oxygens (including phenoxy) is 1. The summed E-state index contributed by atoms with van der Waals surface area (Å²) in [7, 11) is 0. The molecule has 3 fully saturated rings. The van der Waals surface area contributed by atoms with Crippen LogP contribution in [-0.2, 0) is 25.7 Å². The first-order valence-corrected chi connectivity index (χ1v) is 10.5. The minimum absolute atomic E-state index is 0.0961. The van der Waals surface area contributed by atoms with E-state index in [0.29, 0.717) is 26.2 Å². The summed E-state index contributed by atoms with van der Waals surface area (Å²) in [5.41, 5.74) is 1.10. The first-order valence-electron chi connectivity index (χ1n) is 10.5. The number of nitrogens with zero attached hydrogens (tertiary/aromatic N) is 3. The standard InChI is InChI=1S/C19H25N3O3.C2HF3O2/c23-18-2-1-16-17(22(18)13-14-3-8-20-9-4-14)5-10-21(16)19(24)15-6-11-25-12-7-15;3-2(4,5)1(6)7/h3-4,8-9,15-17H,1-2,5-7,10-13H2;(H,6,7)/t16-,17-;/m0./s1. The van der Waals surface area contributed by atoms with E-state index in [0.717, 1.165) is 37.8 Å². The van der Waals surface area contributed by atoms with Crippen LogP contribution in [0.5, 0.6) is 0 Å². The number of carboxylic acid groups (broad SMARTS) is 1. The second-order valence-electron chi connectivity index (χ2n) is 8.06. The number of pyridine rings is 1. The third kappa shape index (κ3) is 5.76. The maximum Gasteiger partial charge on any atom is 0.490 e. The van der Waals surface area contributed by atoms with Crippen molar-refractivity contribution < 1.29 is 37.4 Å². The summed E-state index contributed by atoms with van der Waals surface area (Å²) in [6.07, 6.45) is 2.30. The van der Waals surface area contributed by atoms with Crippen molar-refractivity contribution in [2.75, 3.05) is 19.8 Å². The molecule has 3 saturated heterocycles. The van der Waals surface area contributed by atoms with Gasteiger partial charge in [0.15, 0.2) is 0 Å². The van der Waals surface area contributed by atoms with E-state index in [4.69, 9.17) is 14.6 Å².